The number of likely N-dealkylation sites (tertiary alicyclic amines) is 1. The molecular weight excluding hydrogens is 176 g/mol. The van der Waals surface area contributed by atoms with Gasteiger partial charge in [-0.25, -0.2) is 0 Å². The summed E-state index contributed by atoms with van der Waals surface area (Å²) in [5.74, 6) is 0.325. The largest absolute Gasteiger partial charge is 0.340 e. The van der Waals surface area contributed by atoms with Crippen molar-refractivity contribution >= 4 is 5.91 Å². The zero-order chi connectivity index (χ0) is 10.4. The van der Waals surface area contributed by atoms with Crippen molar-refractivity contribution in [2.45, 2.75) is 51.5 Å². The summed E-state index contributed by atoms with van der Waals surface area (Å²) in [4.78, 5) is 13.8. The van der Waals surface area contributed by atoms with E-state index in [0.717, 1.165) is 32.2 Å². The van der Waals surface area contributed by atoms with Crippen LogP contribution in [0.1, 0.15) is 45.4 Å². The molecule has 1 fully saturated rings. The van der Waals surface area contributed by atoms with E-state index in [1.807, 2.05) is 0 Å². The van der Waals surface area contributed by atoms with Crippen molar-refractivity contribution in [1.82, 2.24) is 4.90 Å². The summed E-state index contributed by atoms with van der Waals surface area (Å²) in [5, 5.41) is 0. The van der Waals surface area contributed by atoms with Gasteiger partial charge in [0.05, 0.1) is 0 Å². The molecule has 1 aliphatic rings. The van der Waals surface area contributed by atoms with Crippen LogP contribution in [-0.4, -0.2) is 29.9 Å². The number of nitrogens with two attached hydrogens (primary N) is 1. The number of nitrogens with zero attached hydrogens (tertiary/aromatic N) is 1. The molecule has 0 aliphatic carbocycles. The average molecular weight is 198 g/mol. The Morgan fingerprint density at radius 1 is 1.50 bits per heavy atom. The molecule has 3 nitrogen and oxygen atoms in total. The third kappa shape index (κ3) is 2.98. The summed E-state index contributed by atoms with van der Waals surface area (Å²) in [6, 6.07) is 0.424. The summed E-state index contributed by atoms with van der Waals surface area (Å²) >= 11 is 0. The summed E-state index contributed by atoms with van der Waals surface area (Å²) in [7, 11) is 0. The van der Waals surface area contributed by atoms with Gasteiger partial charge in [-0.3, -0.25) is 4.79 Å². The van der Waals surface area contributed by atoms with E-state index in [1.54, 1.807) is 0 Å². The van der Waals surface area contributed by atoms with Crippen molar-refractivity contribution in [3.05, 3.63) is 0 Å². The minimum atomic E-state index is 0.325. The molecule has 1 amide bonds. The predicted molar refractivity (Wildman–Crippen MR) is 57.9 cm³/mol. The van der Waals surface area contributed by atoms with Gasteiger partial charge in [0.1, 0.15) is 0 Å². The van der Waals surface area contributed by atoms with Gasteiger partial charge in [-0.05, 0) is 38.6 Å². The molecule has 0 aromatic rings. The molecule has 0 aromatic carbocycles. The van der Waals surface area contributed by atoms with Crippen LogP contribution in [0, 0.1) is 0 Å². The smallest absolute Gasteiger partial charge is 0.222 e. The highest BCUT2D eigenvalue weighted by Crippen LogP contribution is 2.20. The van der Waals surface area contributed by atoms with Crippen LogP contribution in [0.15, 0.2) is 0 Å². The molecule has 0 saturated carbocycles. The molecule has 3 heteroatoms. The molecule has 82 valence electrons. The van der Waals surface area contributed by atoms with Crippen LogP contribution in [0.5, 0.6) is 0 Å². The lowest BCUT2D eigenvalue weighted by atomic mass is 9.99. The van der Waals surface area contributed by atoms with Gasteiger partial charge in [-0.1, -0.05) is 6.92 Å². The average Bonchev–Trinajstić information content (AvgIpc) is 2.19. The number of rotatable bonds is 4. The number of carbonyl (C=O) groups excluding carboxylic acids is 1. The molecule has 0 radical (unpaired) electrons. The minimum absolute atomic E-state index is 0.325. The first kappa shape index (κ1) is 11.5. The molecular formula is C11H22N2O. The fraction of sp³-hybridized carbons (Fsp3) is 0.909. The molecule has 1 aliphatic heterocycles. The van der Waals surface area contributed by atoms with Crippen molar-refractivity contribution in [3.63, 3.8) is 0 Å². The fourth-order valence-corrected chi connectivity index (χ4v) is 2.18. The molecule has 1 heterocycles. The number of amides is 1. The summed E-state index contributed by atoms with van der Waals surface area (Å²) in [6.07, 6.45) is 6.17. The van der Waals surface area contributed by atoms with E-state index in [-0.39, 0.29) is 0 Å². The lowest BCUT2D eigenvalue weighted by molar-refractivity contribution is -0.135. The lowest BCUT2D eigenvalue weighted by Crippen LogP contribution is -2.44. The summed E-state index contributed by atoms with van der Waals surface area (Å²) in [6.45, 7) is 3.70. The van der Waals surface area contributed by atoms with Gasteiger partial charge in [0.15, 0.2) is 0 Å². The van der Waals surface area contributed by atoms with E-state index in [9.17, 15) is 4.79 Å². The van der Waals surface area contributed by atoms with E-state index < -0.39 is 0 Å². The third-order valence-electron chi connectivity index (χ3n) is 2.91. The number of carbonyl (C=O) groups is 1. The Bertz CT molecular complexity index is 180. The molecule has 2 N–H and O–H groups in total. The zero-order valence-electron chi connectivity index (χ0n) is 9.17. The Balaban J connectivity index is 2.48. The Morgan fingerprint density at radius 2 is 2.29 bits per heavy atom. The summed E-state index contributed by atoms with van der Waals surface area (Å²) in [5.41, 5.74) is 5.56. The number of hydrogen-bond donors (Lipinski definition) is 1. The molecule has 1 rings (SSSR count). The monoisotopic (exact) mass is 198 g/mol. The van der Waals surface area contributed by atoms with Crippen LogP contribution in [-0.2, 0) is 4.79 Å². The van der Waals surface area contributed by atoms with Gasteiger partial charge in [0.2, 0.25) is 5.91 Å². The van der Waals surface area contributed by atoms with Crippen molar-refractivity contribution in [2.24, 2.45) is 5.73 Å². The van der Waals surface area contributed by atoms with Crippen molar-refractivity contribution < 1.29 is 4.79 Å². The van der Waals surface area contributed by atoms with Crippen molar-refractivity contribution in [1.29, 1.82) is 0 Å². The maximum Gasteiger partial charge on any atom is 0.222 e. The number of hydrogen-bond acceptors (Lipinski definition) is 2. The predicted octanol–water partition coefficient (Wildman–Crippen LogP) is 1.52. The van der Waals surface area contributed by atoms with E-state index in [2.05, 4.69) is 11.8 Å². The van der Waals surface area contributed by atoms with Crippen LogP contribution in [0.4, 0.5) is 0 Å². The van der Waals surface area contributed by atoms with Gasteiger partial charge in [0, 0.05) is 19.0 Å². The van der Waals surface area contributed by atoms with Crippen LogP contribution in [0.25, 0.3) is 0 Å². The van der Waals surface area contributed by atoms with E-state index in [4.69, 9.17) is 5.73 Å². The Kier molecular flexibility index (Phi) is 4.94. The van der Waals surface area contributed by atoms with Crippen LogP contribution in [0.3, 0.4) is 0 Å². The molecule has 1 atom stereocenters. The van der Waals surface area contributed by atoms with Gasteiger partial charge >= 0.3 is 0 Å². The first-order valence-corrected chi connectivity index (χ1v) is 5.79. The lowest BCUT2D eigenvalue weighted by Gasteiger charge is -2.35. The SMILES string of the molecule is CCCC(=O)N1CCCCC1CCN. The van der Waals surface area contributed by atoms with Crippen LogP contribution < -0.4 is 5.73 Å². The maximum absolute atomic E-state index is 11.8. The fourth-order valence-electron chi connectivity index (χ4n) is 2.18. The van der Waals surface area contributed by atoms with Gasteiger partial charge < -0.3 is 10.6 Å². The second kappa shape index (κ2) is 6.02. The van der Waals surface area contributed by atoms with Gasteiger partial charge in [0.25, 0.3) is 0 Å². The van der Waals surface area contributed by atoms with Crippen molar-refractivity contribution in [2.75, 3.05) is 13.1 Å². The second-order valence-electron chi connectivity index (χ2n) is 4.06. The van der Waals surface area contributed by atoms with Gasteiger partial charge in [-0.2, -0.15) is 0 Å². The normalized spacial score (nSPS) is 22.4. The summed E-state index contributed by atoms with van der Waals surface area (Å²) < 4.78 is 0. The Morgan fingerprint density at radius 3 is 2.93 bits per heavy atom. The number of piperidine rings is 1. The third-order valence-corrected chi connectivity index (χ3v) is 2.91. The quantitative estimate of drug-likeness (QED) is 0.744. The second-order valence-corrected chi connectivity index (χ2v) is 4.06. The highest BCUT2D eigenvalue weighted by molar-refractivity contribution is 5.76. The maximum atomic E-state index is 11.8. The molecule has 0 aromatic heterocycles. The van der Waals surface area contributed by atoms with E-state index >= 15 is 0 Å². The first-order chi connectivity index (χ1) is 6.79. The minimum Gasteiger partial charge on any atom is -0.340 e. The highest BCUT2D eigenvalue weighted by Gasteiger charge is 2.24. The molecule has 14 heavy (non-hydrogen) atoms. The highest BCUT2D eigenvalue weighted by atomic mass is 16.2. The zero-order valence-corrected chi connectivity index (χ0v) is 9.17. The first-order valence-electron chi connectivity index (χ1n) is 5.79. The van der Waals surface area contributed by atoms with Crippen molar-refractivity contribution in [3.8, 4) is 0 Å². The topological polar surface area (TPSA) is 46.3 Å². The Hall–Kier alpha value is -0.570. The molecule has 1 unspecified atom stereocenters. The van der Waals surface area contributed by atoms with E-state index in [0.29, 0.717) is 24.9 Å². The van der Waals surface area contributed by atoms with Gasteiger partial charge in [-0.15, -0.1) is 0 Å². The standard InChI is InChI=1S/C11H22N2O/c1-2-5-11(14)13-9-4-3-6-10(13)7-8-12/h10H,2-9,12H2,1H3. The molecule has 1 saturated heterocycles. The molecule has 0 bridgehead atoms. The van der Waals surface area contributed by atoms with E-state index in [1.165, 1.54) is 6.42 Å². The Labute approximate surface area is 86.6 Å². The van der Waals surface area contributed by atoms with Crippen LogP contribution >= 0.6 is 0 Å². The van der Waals surface area contributed by atoms with Crippen LogP contribution in [0.2, 0.25) is 0 Å². The molecule has 0 spiro atoms.